The average Bonchev–Trinajstić information content (AvgIpc) is 3.14. The first-order chi connectivity index (χ1) is 16.4. The van der Waals surface area contributed by atoms with E-state index in [1.54, 1.807) is 25.0 Å². The Bertz CT molecular complexity index is 1110. The van der Waals surface area contributed by atoms with Crippen molar-refractivity contribution in [3.05, 3.63) is 29.2 Å². The van der Waals surface area contributed by atoms with Crippen LogP contribution in [0.15, 0.2) is 16.5 Å². The molecule has 1 amide bonds. The van der Waals surface area contributed by atoms with Crippen molar-refractivity contribution in [2.75, 3.05) is 30.4 Å². The van der Waals surface area contributed by atoms with E-state index in [0.717, 1.165) is 24.7 Å². The van der Waals surface area contributed by atoms with Crippen LogP contribution < -0.4 is 15.0 Å². The van der Waals surface area contributed by atoms with Crippen molar-refractivity contribution in [1.29, 1.82) is 0 Å². The number of rotatable bonds is 7. The lowest BCUT2D eigenvalue weighted by Gasteiger charge is -2.45. The summed E-state index contributed by atoms with van der Waals surface area (Å²) in [6.07, 6.45) is -2.77. The van der Waals surface area contributed by atoms with Crippen molar-refractivity contribution in [2.24, 2.45) is 11.8 Å². The Morgan fingerprint density at radius 2 is 1.97 bits per heavy atom. The van der Waals surface area contributed by atoms with Crippen molar-refractivity contribution in [2.45, 2.75) is 57.4 Å². The molecular formula is C24H28F3N3O5. The van der Waals surface area contributed by atoms with Gasteiger partial charge in [0.2, 0.25) is 0 Å². The molecule has 1 unspecified atom stereocenters. The number of phenols is 1. The van der Waals surface area contributed by atoms with Gasteiger partial charge in [0.25, 0.3) is 11.9 Å². The number of benzene rings is 1. The standard InChI is InChI=1S/C24H28F3N3O5/c1-12-4-15(8-17(31)20(12)34-16-6-13-5-14(13)7-16)28-21(32)19-18(9-24(25,26)27)35-22(29-19)30-10-23(2,11-30)33-3/h4,8,13-14,16,31H,5-7,9-11H2,1-3H3,(H,28,32)/t13-,14?,16+/m0/s1. The third-order valence-corrected chi connectivity index (χ3v) is 7.07. The molecule has 0 bridgehead atoms. The molecule has 2 aliphatic carbocycles. The van der Waals surface area contributed by atoms with Gasteiger partial charge in [0.15, 0.2) is 17.2 Å². The number of alkyl halides is 3. The highest BCUT2D eigenvalue weighted by atomic mass is 19.4. The SMILES string of the molecule is COC1(C)CN(c2nc(C(=O)Nc3cc(C)c(O[C@H]4CC5C[C@H]5C4)c(O)c3)c(CC(F)(F)F)o2)C1. The summed E-state index contributed by atoms with van der Waals surface area (Å²) in [6, 6.07) is 2.85. The molecule has 2 heterocycles. The molecule has 190 valence electrons. The fourth-order valence-corrected chi connectivity index (χ4v) is 5.07. The van der Waals surface area contributed by atoms with Crippen LogP contribution in [0.2, 0.25) is 0 Å². The number of aromatic hydroxyl groups is 1. The molecule has 5 rings (SSSR count). The molecule has 3 atom stereocenters. The zero-order chi connectivity index (χ0) is 25.1. The van der Waals surface area contributed by atoms with E-state index < -0.39 is 35.6 Å². The molecule has 2 saturated carbocycles. The van der Waals surface area contributed by atoms with Crippen molar-refractivity contribution >= 4 is 17.6 Å². The van der Waals surface area contributed by atoms with Gasteiger partial charge >= 0.3 is 6.18 Å². The van der Waals surface area contributed by atoms with Crippen LogP contribution in [0.4, 0.5) is 24.9 Å². The summed E-state index contributed by atoms with van der Waals surface area (Å²) < 4.78 is 56.1. The maximum absolute atomic E-state index is 13.1. The first-order valence-electron chi connectivity index (χ1n) is 11.6. The van der Waals surface area contributed by atoms with Crippen LogP contribution in [0, 0.1) is 18.8 Å². The number of carbonyl (C=O) groups is 1. The van der Waals surface area contributed by atoms with E-state index in [4.69, 9.17) is 13.9 Å². The molecule has 3 fully saturated rings. The number of nitrogens with one attached hydrogen (secondary N) is 1. The number of fused-ring (bicyclic) bond motifs is 1. The van der Waals surface area contributed by atoms with Crippen LogP contribution >= 0.6 is 0 Å². The summed E-state index contributed by atoms with van der Waals surface area (Å²) in [5.41, 5.74) is -0.0912. The van der Waals surface area contributed by atoms with Crippen LogP contribution in [0.3, 0.4) is 0 Å². The maximum Gasteiger partial charge on any atom is 0.396 e. The zero-order valence-electron chi connectivity index (χ0n) is 19.7. The number of methoxy groups -OCH3 is 1. The summed E-state index contributed by atoms with van der Waals surface area (Å²) in [4.78, 5) is 18.6. The molecular weight excluding hydrogens is 467 g/mol. The normalized spacial score (nSPS) is 24.6. The van der Waals surface area contributed by atoms with Crippen molar-refractivity contribution in [1.82, 2.24) is 4.98 Å². The molecule has 3 aliphatic rings. The second-order valence-corrected chi connectivity index (χ2v) is 10.1. The van der Waals surface area contributed by atoms with E-state index >= 15 is 0 Å². The van der Waals surface area contributed by atoms with Gasteiger partial charge in [-0.15, -0.1) is 0 Å². The van der Waals surface area contributed by atoms with E-state index in [1.165, 1.54) is 12.5 Å². The largest absolute Gasteiger partial charge is 0.504 e. The van der Waals surface area contributed by atoms with Gasteiger partial charge in [-0.3, -0.25) is 4.79 Å². The van der Waals surface area contributed by atoms with Gasteiger partial charge in [0.1, 0.15) is 17.8 Å². The molecule has 0 spiro atoms. The number of hydrogen-bond acceptors (Lipinski definition) is 7. The number of aromatic nitrogens is 1. The van der Waals surface area contributed by atoms with Crippen LogP contribution in [-0.2, 0) is 11.2 Å². The van der Waals surface area contributed by atoms with Gasteiger partial charge in [0.05, 0.1) is 19.2 Å². The van der Waals surface area contributed by atoms with Gasteiger partial charge in [-0.1, -0.05) is 0 Å². The molecule has 1 aromatic heterocycles. The first-order valence-corrected chi connectivity index (χ1v) is 11.6. The molecule has 0 radical (unpaired) electrons. The van der Waals surface area contributed by atoms with Crippen molar-refractivity contribution in [3.8, 4) is 11.5 Å². The fourth-order valence-electron chi connectivity index (χ4n) is 5.07. The fraction of sp³-hybridized carbons (Fsp3) is 0.583. The van der Waals surface area contributed by atoms with Crippen LogP contribution in [0.1, 0.15) is 48.0 Å². The molecule has 1 aromatic carbocycles. The summed E-state index contributed by atoms with van der Waals surface area (Å²) in [5.74, 6) is 0.221. The number of nitrogens with zero attached hydrogens (tertiary/aromatic N) is 2. The lowest BCUT2D eigenvalue weighted by atomic mass is 9.97. The lowest BCUT2D eigenvalue weighted by molar-refractivity contribution is -0.130. The topological polar surface area (TPSA) is 97.1 Å². The van der Waals surface area contributed by atoms with Crippen LogP contribution in [0.25, 0.3) is 0 Å². The second-order valence-electron chi connectivity index (χ2n) is 10.1. The second kappa shape index (κ2) is 8.32. The van der Waals surface area contributed by atoms with Crippen LogP contribution in [-0.4, -0.2) is 54.1 Å². The first kappa shape index (κ1) is 23.8. The highest BCUT2D eigenvalue weighted by Crippen LogP contribution is 2.53. The van der Waals surface area contributed by atoms with E-state index in [1.807, 2.05) is 6.92 Å². The van der Waals surface area contributed by atoms with Gasteiger partial charge < -0.3 is 29.2 Å². The molecule has 2 aromatic rings. The predicted molar refractivity (Wildman–Crippen MR) is 120 cm³/mol. The quantitative estimate of drug-likeness (QED) is 0.586. The molecule has 11 heteroatoms. The Morgan fingerprint density at radius 3 is 2.57 bits per heavy atom. The summed E-state index contributed by atoms with van der Waals surface area (Å²) in [6.45, 7) is 4.33. The van der Waals surface area contributed by atoms with E-state index in [0.29, 0.717) is 24.4 Å². The third-order valence-electron chi connectivity index (χ3n) is 7.07. The maximum atomic E-state index is 13.1. The van der Waals surface area contributed by atoms with Crippen molar-refractivity contribution < 1.29 is 37.0 Å². The predicted octanol–water partition coefficient (Wildman–Crippen LogP) is 4.45. The van der Waals surface area contributed by atoms with E-state index in [9.17, 15) is 23.1 Å². The summed E-state index contributed by atoms with van der Waals surface area (Å²) >= 11 is 0. The monoisotopic (exact) mass is 495 g/mol. The average molecular weight is 495 g/mol. The van der Waals surface area contributed by atoms with Gasteiger partial charge in [-0.05, 0) is 56.6 Å². The third kappa shape index (κ3) is 4.91. The Kier molecular flexibility index (Phi) is 5.65. The lowest BCUT2D eigenvalue weighted by Crippen LogP contribution is -2.61. The van der Waals surface area contributed by atoms with Crippen LogP contribution in [0.5, 0.6) is 11.5 Å². The number of hydrogen-bond donors (Lipinski definition) is 2. The number of amides is 1. The number of halogens is 3. The summed E-state index contributed by atoms with van der Waals surface area (Å²) in [7, 11) is 1.55. The number of phenolic OH excluding ortho intramolecular Hbond substituents is 1. The number of oxazole rings is 1. The molecule has 1 aliphatic heterocycles. The van der Waals surface area contributed by atoms with E-state index in [-0.39, 0.29) is 23.6 Å². The summed E-state index contributed by atoms with van der Waals surface area (Å²) in [5, 5.41) is 13.0. The number of aryl methyl sites for hydroxylation is 1. The number of ether oxygens (including phenoxy) is 2. The molecule has 1 saturated heterocycles. The molecule has 2 N–H and O–H groups in total. The van der Waals surface area contributed by atoms with E-state index in [2.05, 4.69) is 10.3 Å². The Hall–Kier alpha value is -2.95. The minimum atomic E-state index is -4.59. The smallest absolute Gasteiger partial charge is 0.396 e. The Balaban J connectivity index is 1.32. The Morgan fingerprint density at radius 1 is 1.29 bits per heavy atom. The van der Waals surface area contributed by atoms with Gasteiger partial charge in [-0.25, -0.2) is 0 Å². The minimum absolute atomic E-state index is 0.0590. The minimum Gasteiger partial charge on any atom is -0.504 e. The van der Waals surface area contributed by atoms with Crippen molar-refractivity contribution in [3.63, 3.8) is 0 Å². The molecule has 35 heavy (non-hydrogen) atoms. The highest BCUT2D eigenvalue weighted by Gasteiger charge is 2.47. The molecule has 8 nitrogen and oxygen atoms in total. The Labute approximate surface area is 200 Å². The zero-order valence-corrected chi connectivity index (χ0v) is 19.7. The van der Waals surface area contributed by atoms with Gasteiger partial charge in [0, 0.05) is 18.9 Å². The number of carbonyl (C=O) groups excluding carboxylic acids is 1. The van der Waals surface area contributed by atoms with Gasteiger partial charge in [-0.2, -0.15) is 18.2 Å². The highest BCUT2D eigenvalue weighted by molar-refractivity contribution is 6.04. The number of anilines is 2.